The summed E-state index contributed by atoms with van der Waals surface area (Å²) in [5.74, 6) is 0.989. The number of urea groups is 1. The van der Waals surface area contributed by atoms with Crippen molar-refractivity contribution in [2.45, 2.75) is 76.9 Å². The van der Waals surface area contributed by atoms with Crippen molar-refractivity contribution in [2.24, 2.45) is 17.6 Å². The van der Waals surface area contributed by atoms with Crippen LogP contribution in [-0.4, -0.2) is 56.4 Å². The van der Waals surface area contributed by atoms with Crippen molar-refractivity contribution in [3.8, 4) is 0 Å². The molecule has 6 heteroatoms. The van der Waals surface area contributed by atoms with Crippen molar-refractivity contribution in [2.75, 3.05) is 39.5 Å². The van der Waals surface area contributed by atoms with E-state index in [9.17, 15) is 4.79 Å². The molecular formula is C27H45N3O3. The van der Waals surface area contributed by atoms with Crippen LogP contribution >= 0.6 is 0 Å². The number of nitrogens with two attached hydrogens (primary N) is 1. The van der Waals surface area contributed by atoms with E-state index in [1.165, 1.54) is 37.7 Å². The predicted octanol–water partition coefficient (Wildman–Crippen LogP) is 4.89. The summed E-state index contributed by atoms with van der Waals surface area (Å²) in [6.07, 6.45) is 10.5. The Morgan fingerprint density at radius 1 is 1.12 bits per heavy atom. The molecule has 2 aliphatic rings. The molecule has 1 aliphatic heterocycles. The minimum absolute atomic E-state index is 0.00373. The van der Waals surface area contributed by atoms with Gasteiger partial charge in [-0.05, 0) is 44.1 Å². The Kier molecular flexibility index (Phi) is 11.5. The zero-order valence-electron chi connectivity index (χ0n) is 20.6. The number of ether oxygens (including phenoxy) is 2. The summed E-state index contributed by atoms with van der Waals surface area (Å²) >= 11 is 0. The van der Waals surface area contributed by atoms with Crippen LogP contribution in [0.4, 0.5) is 4.79 Å². The van der Waals surface area contributed by atoms with Crippen LogP contribution in [-0.2, 0) is 9.47 Å². The van der Waals surface area contributed by atoms with Gasteiger partial charge in [-0.1, -0.05) is 62.4 Å². The molecule has 6 nitrogen and oxygen atoms in total. The fraction of sp³-hybridized carbons (Fsp3) is 0.741. The quantitative estimate of drug-likeness (QED) is 0.436. The van der Waals surface area contributed by atoms with Crippen molar-refractivity contribution >= 4 is 6.03 Å². The number of amides is 2. The molecule has 1 aliphatic carbocycles. The van der Waals surface area contributed by atoms with Gasteiger partial charge in [0.05, 0.1) is 6.10 Å². The molecule has 33 heavy (non-hydrogen) atoms. The van der Waals surface area contributed by atoms with E-state index in [0.717, 1.165) is 52.0 Å². The van der Waals surface area contributed by atoms with Gasteiger partial charge in [-0.25, -0.2) is 4.79 Å². The SMILES string of the molecule is CCOCCCO[C@@H](c1ccccc1)[C@@H]1CCCN(C(=O)N[C@H](CN)CC2CCCCC2)C1. The molecule has 2 amide bonds. The van der Waals surface area contributed by atoms with Crippen LogP contribution in [0.1, 0.15) is 76.4 Å². The van der Waals surface area contributed by atoms with Crippen LogP contribution in [0.2, 0.25) is 0 Å². The van der Waals surface area contributed by atoms with E-state index < -0.39 is 0 Å². The number of nitrogens with zero attached hydrogens (tertiary/aromatic N) is 1. The van der Waals surface area contributed by atoms with Gasteiger partial charge in [0.15, 0.2) is 0 Å². The molecule has 0 aromatic heterocycles. The van der Waals surface area contributed by atoms with E-state index in [4.69, 9.17) is 15.2 Å². The molecule has 0 radical (unpaired) electrons. The summed E-state index contributed by atoms with van der Waals surface area (Å²) in [6.45, 7) is 6.16. The van der Waals surface area contributed by atoms with Crippen molar-refractivity contribution in [1.82, 2.24) is 10.2 Å². The highest BCUT2D eigenvalue weighted by Gasteiger charge is 2.32. The number of hydrogen-bond acceptors (Lipinski definition) is 4. The molecule has 1 aromatic rings. The lowest BCUT2D eigenvalue weighted by Gasteiger charge is -2.38. The second kappa shape index (κ2) is 14.6. The topological polar surface area (TPSA) is 76.8 Å². The first kappa shape index (κ1) is 26.0. The second-order valence-corrected chi connectivity index (χ2v) is 9.72. The van der Waals surface area contributed by atoms with Crippen LogP contribution in [0.15, 0.2) is 30.3 Å². The number of piperidine rings is 1. The van der Waals surface area contributed by atoms with Crippen molar-refractivity contribution < 1.29 is 14.3 Å². The highest BCUT2D eigenvalue weighted by molar-refractivity contribution is 5.74. The lowest BCUT2D eigenvalue weighted by Crippen LogP contribution is -2.51. The summed E-state index contributed by atoms with van der Waals surface area (Å²) in [7, 11) is 0. The number of rotatable bonds is 12. The highest BCUT2D eigenvalue weighted by Crippen LogP contribution is 2.33. The van der Waals surface area contributed by atoms with Crippen molar-refractivity contribution in [3.63, 3.8) is 0 Å². The predicted molar refractivity (Wildman–Crippen MR) is 133 cm³/mol. The third kappa shape index (κ3) is 8.58. The number of carbonyl (C=O) groups is 1. The Balaban J connectivity index is 1.56. The number of benzene rings is 1. The van der Waals surface area contributed by atoms with E-state index in [0.29, 0.717) is 19.1 Å². The average molecular weight is 460 g/mol. The molecule has 3 N–H and O–H groups in total. The first-order chi connectivity index (χ1) is 16.2. The maximum absolute atomic E-state index is 13.1. The molecule has 3 rings (SSSR count). The highest BCUT2D eigenvalue weighted by atomic mass is 16.5. The van der Waals surface area contributed by atoms with E-state index in [1.807, 2.05) is 17.9 Å². The molecule has 0 bridgehead atoms. The first-order valence-corrected chi connectivity index (χ1v) is 13.2. The van der Waals surface area contributed by atoms with Gasteiger partial charge < -0.3 is 25.4 Å². The summed E-state index contributed by atoms with van der Waals surface area (Å²) in [4.78, 5) is 15.1. The molecule has 186 valence electrons. The standard InChI is InChI=1S/C27H45N3O3/c1-2-32-17-10-18-33-26(23-13-7-4-8-14-23)24-15-9-16-30(21-24)27(31)29-25(20-28)19-22-11-5-3-6-12-22/h4,7-8,13-14,22,24-26H,2-3,5-6,9-12,15-21,28H2,1H3,(H,29,31)/t24-,25+,26+/m1/s1. The molecular weight excluding hydrogens is 414 g/mol. The Morgan fingerprint density at radius 3 is 2.64 bits per heavy atom. The zero-order valence-corrected chi connectivity index (χ0v) is 20.6. The minimum Gasteiger partial charge on any atom is -0.382 e. The van der Waals surface area contributed by atoms with Crippen LogP contribution in [0.25, 0.3) is 0 Å². The van der Waals surface area contributed by atoms with Gasteiger partial charge in [0.1, 0.15) is 0 Å². The van der Waals surface area contributed by atoms with Gasteiger partial charge in [0.2, 0.25) is 0 Å². The van der Waals surface area contributed by atoms with Gasteiger partial charge in [-0.3, -0.25) is 0 Å². The smallest absolute Gasteiger partial charge is 0.317 e. The Hall–Kier alpha value is -1.63. The second-order valence-electron chi connectivity index (χ2n) is 9.72. The van der Waals surface area contributed by atoms with E-state index in [2.05, 4.69) is 29.6 Å². The van der Waals surface area contributed by atoms with Crippen molar-refractivity contribution in [1.29, 1.82) is 0 Å². The molecule has 3 atom stereocenters. The van der Waals surface area contributed by atoms with E-state index >= 15 is 0 Å². The van der Waals surface area contributed by atoms with Gasteiger partial charge in [0.25, 0.3) is 0 Å². The Morgan fingerprint density at radius 2 is 1.91 bits per heavy atom. The average Bonchev–Trinajstić information content (AvgIpc) is 2.87. The maximum atomic E-state index is 13.1. The fourth-order valence-corrected chi connectivity index (χ4v) is 5.41. The monoisotopic (exact) mass is 459 g/mol. The van der Waals surface area contributed by atoms with Gasteiger partial charge >= 0.3 is 6.03 Å². The van der Waals surface area contributed by atoms with Crippen molar-refractivity contribution in [3.05, 3.63) is 35.9 Å². The molecule has 1 aromatic carbocycles. The Bertz CT molecular complexity index is 666. The van der Waals surface area contributed by atoms with E-state index in [-0.39, 0.29) is 24.1 Å². The molecule has 0 spiro atoms. The van der Waals surface area contributed by atoms with Crippen LogP contribution in [0.5, 0.6) is 0 Å². The third-order valence-electron chi connectivity index (χ3n) is 7.19. The summed E-state index contributed by atoms with van der Waals surface area (Å²) in [5.41, 5.74) is 7.24. The number of nitrogens with one attached hydrogen (secondary N) is 1. The summed E-state index contributed by atoms with van der Waals surface area (Å²) < 4.78 is 11.9. The number of hydrogen-bond donors (Lipinski definition) is 2. The summed E-state index contributed by atoms with van der Waals surface area (Å²) in [5, 5.41) is 3.25. The molecule has 0 unspecified atom stereocenters. The number of likely N-dealkylation sites (tertiary alicyclic amines) is 1. The van der Waals surface area contributed by atoms with Gasteiger partial charge in [-0.2, -0.15) is 0 Å². The Labute approximate surface area is 200 Å². The third-order valence-corrected chi connectivity index (χ3v) is 7.19. The summed E-state index contributed by atoms with van der Waals surface area (Å²) in [6, 6.07) is 10.6. The maximum Gasteiger partial charge on any atom is 0.317 e. The fourth-order valence-electron chi connectivity index (χ4n) is 5.41. The number of carbonyl (C=O) groups excluding carboxylic acids is 1. The largest absolute Gasteiger partial charge is 0.382 e. The van der Waals surface area contributed by atoms with E-state index in [1.54, 1.807) is 0 Å². The molecule has 1 saturated carbocycles. The molecule has 1 heterocycles. The molecule has 2 fully saturated rings. The van der Waals surface area contributed by atoms with Gasteiger partial charge in [-0.15, -0.1) is 0 Å². The molecule has 1 saturated heterocycles. The van der Waals surface area contributed by atoms with Gasteiger partial charge in [0, 0.05) is 51.4 Å². The normalized spacial score (nSPS) is 21.5. The first-order valence-electron chi connectivity index (χ1n) is 13.2. The lowest BCUT2D eigenvalue weighted by atomic mass is 9.85. The minimum atomic E-state index is -0.00373. The zero-order chi connectivity index (χ0) is 23.3. The van der Waals surface area contributed by atoms with Crippen LogP contribution in [0, 0.1) is 11.8 Å². The van der Waals surface area contributed by atoms with Crippen LogP contribution < -0.4 is 11.1 Å². The van der Waals surface area contributed by atoms with Crippen LogP contribution in [0.3, 0.4) is 0 Å². The lowest BCUT2D eigenvalue weighted by molar-refractivity contribution is -0.0184.